The van der Waals surface area contributed by atoms with E-state index in [2.05, 4.69) is 4.99 Å². The summed E-state index contributed by atoms with van der Waals surface area (Å²) in [5, 5.41) is 0. The minimum Gasteiger partial charge on any atom is -0.369 e. The van der Waals surface area contributed by atoms with Crippen molar-refractivity contribution in [3.05, 3.63) is 142 Å². The van der Waals surface area contributed by atoms with Crippen LogP contribution in [0.15, 0.2) is 102 Å². The van der Waals surface area contributed by atoms with Crippen LogP contribution < -0.4 is 5.73 Å². The second-order valence-corrected chi connectivity index (χ2v) is 10.1. The van der Waals surface area contributed by atoms with E-state index in [4.69, 9.17) is 5.73 Å². The maximum absolute atomic E-state index is 14.1. The molecule has 2 N–H and O–H groups in total. The van der Waals surface area contributed by atoms with Crippen LogP contribution in [0.4, 0.5) is 8.78 Å². The summed E-state index contributed by atoms with van der Waals surface area (Å²) < 4.78 is 27.5. The van der Waals surface area contributed by atoms with Crippen LogP contribution in [-0.2, 0) is 23.4 Å². The van der Waals surface area contributed by atoms with E-state index in [0.29, 0.717) is 28.8 Å². The quantitative estimate of drug-likeness (QED) is 0.377. The zero-order valence-corrected chi connectivity index (χ0v) is 21.7. The minimum absolute atomic E-state index is 0.0287. The predicted octanol–water partition coefficient (Wildman–Crippen LogP) is 5.28. The third-order valence-electron chi connectivity index (χ3n) is 7.73. The van der Waals surface area contributed by atoms with Crippen molar-refractivity contribution < 1.29 is 18.4 Å². The van der Waals surface area contributed by atoms with E-state index < -0.39 is 23.1 Å². The molecule has 1 unspecified atom stereocenters. The van der Waals surface area contributed by atoms with Gasteiger partial charge in [-0.3, -0.25) is 14.5 Å². The standard InChI is InChI=1S/C32H26F2N4O2/c1-20-28-8-3-2-6-23(28)19-37(20)29(39)22-7-4-5-21(17-22)18-38-30(40)32(36-31(38)35,24-9-13-26(33)14-10-24)25-11-15-27(34)16-12-25/h2-17,20H,18-19H2,1H3,(H2,35,36). The number of guanidine groups is 1. The third-order valence-corrected chi connectivity index (χ3v) is 7.73. The maximum Gasteiger partial charge on any atom is 0.266 e. The predicted molar refractivity (Wildman–Crippen MR) is 147 cm³/mol. The molecule has 1 atom stereocenters. The summed E-state index contributed by atoms with van der Waals surface area (Å²) in [6.45, 7) is 2.61. The Morgan fingerprint density at radius 3 is 2.17 bits per heavy atom. The lowest BCUT2D eigenvalue weighted by atomic mass is 9.82. The monoisotopic (exact) mass is 536 g/mol. The number of nitrogens with zero attached hydrogens (tertiary/aromatic N) is 3. The molecule has 40 heavy (non-hydrogen) atoms. The summed E-state index contributed by atoms with van der Waals surface area (Å²) in [6, 6.07) is 26.0. The highest BCUT2D eigenvalue weighted by atomic mass is 19.1. The number of fused-ring (bicyclic) bond motifs is 1. The first-order chi connectivity index (χ1) is 19.3. The molecule has 4 aromatic rings. The zero-order valence-electron chi connectivity index (χ0n) is 21.7. The van der Waals surface area contributed by atoms with E-state index in [1.807, 2.05) is 42.2 Å². The molecule has 2 heterocycles. The van der Waals surface area contributed by atoms with Crippen LogP contribution in [0.5, 0.6) is 0 Å². The van der Waals surface area contributed by atoms with Crippen LogP contribution in [0.3, 0.4) is 0 Å². The molecule has 6 rings (SSSR count). The van der Waals surface area contributed by atoms with Gasteiger partial charge in [-0.15, -0.1) is 0 Å². The van der Waals surface area contributed by atoms with Crippen LogP contribution in [-0.4, -0.2) is 27.6 Å². The smallest absolute Gasteiger partial charge is 0.266 e. The Morgan fingerprint density at radius 2 is 1.55 bits per heavy atom. The van der Waals surface area contributed by atoms with Crippen LogP contribution in [0.1, 0.15) is 51.1 Å². The average Bonchev–Trinajstić information content (AvgIpc) is 3.43. The number of benzene rings is 4. The minimum atomic E-state index is -1.60. The van der Waals surface area contributed by atoms with E-state index in [1.54, 1.807) is 18.2 Å². The maximum atomic E-state index is 14.1. The summed E-state index contributed by atoms with van der Waals surface area (Å²) in [5.41, 5.74) is 8.99. The fourth-order valence-corrected chi connectivity index (χ4v) is 5.63. The fourth-order valence-electron chi connectivity index (χ4n) is 5.63. The Morgan fingerprint density at radius 1 is 0.925 bits per heavy atom. The fraction of sp³-hybridized carbons (Fsp3) is 0.156. The molecular weight excluding hydrogens is 510 g/mol. The van der Waals surface area contributed by atoms with Gasteiger partial charge in [0, 0.05) is 12.1 Å². The van der Waals surface area contributed by atoms with Crippen molar-refractivity contribution in [1.82, 2.24) is 9.80 Å². The van der Waals surface area contributed by atoms with Gasteiger partial charge >= 0.3 is 0 Å². The Bertz CT molecular complexity index is 1610. The van der Waals surface area contributed by atoms with Gasteiger partial charge in [0.1, 0.15) is 11.6 Å². The number of nitrogens with two attached hydrogens (primary N) is 1. The number of hydrogen-bond acceptors (Lipinski definition) is 4. The molecule has 6 nitrogen and oxygen atoms in total. The Labute approximate surface area is 230 Å². The van der Waals surface area contributed by atoms with Gasteiger partial charge in [0.25, 0.3) is 11.8 Å². The topological polar surface area (TPSA) is 79.0 Å². The van der Waals surface area contributed by atoms with Crippen LogP contribution in [0.2, 0.25) is 0 Å². The summed E-state index contributed by atoms with van der Waals surface area (Å²) in [5.74, 6) is -1.52. The first-order valence-corrected chi connectivity index (χ1v) is 12.9. The molecule has 4 aromatic carbocycles. The molecule has 0 radical (unpaired) electrons. The molecule has 0 aromatic heterocycles. The molecule has 0 bridgehead atoms. The molecule has 0 saturated carbocycles. The van der Waals surface area contributed by atoms with Crippen molar-refractivity contribution in [2.75, 3.05) is 0 Å². The lowest BCUT2D eigenvalue weighted by Crippen LogP contribution is -2.43. The number of aliphatic imine (C=N–C) groups is 1. The summed E-state index contributed by atoms with van der Waals surface area (Å²) >= 11 is 0. The highest BCUT2D eigenvalue weighted by Gasteiger charge is 2.50. The van der Waals surface area contributed by atoms with E-state index >= 15 is 0 Å². The number of carbonyl (C=O) groups is 2. The molecule has 0 aliphatic carbocycles. The van der Waals surface area contributed by atoms with Gasteiger partial charge in [-0.25, -0.2) is 13.8 Å². The highest BCUT2D eigenvalue weighted by molar-refractivity contribution is 6.09. The van der Waals surface area contributed by atoms with E-state index in [1.165, 1.54) is 53.4 Å². The van der Waals surface area contributed by atoms with Gasteiger partial charge in [0.2, 0.25) is 0 Å². The Kier molecular flexibility index (Phi) is 6.18. The van der Waals surface area contributed by atoms with Gasteiger partial charge in [-0.05, 0) is 71.1 Å². The molecule has 2 aliphatic rings. The Balaban J connectivity index is 1.30. The second-order valence-electron chi connectivity index (χ2n) is 10.1. The normalized spacial score (nSPS) is 17.6. The van der Waals surface area contributed by atoms with Gasteiger partial charge in [0.05, 0.1) is 12.6 Å². The second kappa shape index (κ2) is 9.72. The number of rotatable bonds is 5. The molecule has 0 spiro atoms. The van der Waals surface area contributed by atoms with Crippen LogP contribution >= 0.6 is 0 Å². The summed E-state index contributed by atoms with van der Waals surface area (Å²) in [7, 11) is 0. The van der Waals surface area contributed by atoms with Crippen molar-refractivity contribution >= 4 is 17.8 Å². The van der Waals surface area contributed by atoms with Crippen molar-refractivity contribution in [3.63, 3.8) is 0 Å². The van der Waals surface area contributed by atoms with Gasteiger partial charge in [-0.2, -0.15) is 0 Å². The first kappa shape index (κ1) is 25.4. The SMILES string of the molecule is CC1c2ccccc2CN1C(=O)c1cccc(CN2C(=O)C(c3ccc(F)cc3)(c3ccc(F)cc3)N=C2N)c1. The molecule has 200 valence electrons. The average molecular weight is 537 g/mol. The van der Waals surface area contributed by atoms with Crippen LogP contribution in [0, 0.1) is 11.6 Å². The largest absolute Gasteiger partial charge is 0.369 e. The van der Waals surface area contributed by atoms with Crippen molar-refractivity contribution in [2.24, 2.45) is 10.7 Å². The van der Waals surface area contributed by atoms with Crippen molar-refractivity contribution in [1.29, 1.82) is 0 Å². The van der Waals surface area contributed by atoms with Crippen LogP contribution in [0.25, 0.3) is 0 Å². The number of hydrogen-bond donors (Lipinski definition) is 1. The number of halogens is 2. The van der Waals surface area contributed by atoms with E-state index in [9.17, 15) is 18.4 Å². The third kappa shape index (κ3) is 4.12. The molecule has 0 fully saturated rings. The summed E-state index contributed by atoms with van der Waals surface area (Å²) in [4.78, 5) is 35.3. The van der Waals surface area contributed by atoms with Crippen molar-refractivity contribution in [2.45, 2.75) is 31.6 Å². The number of amides is 2. The highest BCUT2D eigenvalue weighted by Crippen LogP contribution is 2.40. The van der Waals surface area contributed by atoms with Gasteiger partial charge in [-0.1, -0.05) is 60.7 Å². The molecule has 8 heteroatoms. The first-order valence-electron chi connectivity index (χ1n) is 12.9. The molecule has 2 amide bonds. The lowest BCUT2D eigenvalue weighted by Gasteiger charge is -2.27. The molecule has 2 aliphatic heterocycles. The van der Waals surface area contributed by atoms with E-state index in [-0.39, 0.29) is 24.5 Å². The number of carbonyl (C=O) groups excluding carboxylic acids is 2. The van der Waals surface area contributed by atoms with Crippen molar-refractivity contribution in [3.8, 4) is 0 Å². The van der Waals surface area contributed by atoms with Gasteiger partial charge in [0.15, 0.2) is 11.5 Å². The Hall–Kier alpha value is -4.85. The zero-order chi connectivity index (χ0) is 28.0. The lowest BCUT2D eigenvalue weighted by molar-refractivity contribution is -0.130. The summed E-state index contributed by atoms with van der Waals surface area (Å²) in [6.07, 6.45) is 0. The molecule has 0 saturated heterocycles. The van der Waals surface area contributed by atoms with Gasteiger partial charge < -0.3 is 10.6 Å². The molecular formula is C32H26F2N4O2. The van der Waals surface area contributed by atoms with E-state index in [0.717, 1.165) is 11.1 Å².